The van der Waals surface area contributed by atoms with Crippen molar-refractivity contribution in [2.75, 3.05) is 31.1 Å². The summed E-state index contributed by atoms with van der Waals surface area (Å²) in [5.41, 5.74) is 3.62. The lowest BCUT2D eigenvalue weighted by Crippen LogP contribution is -2.38. The summed E-state index contributed by atoms with van der Waals surface area (Å²) in [5.74, 6) is 1.74. The molecular weight excluding hydrogens is 322 g/mol. The van der Waals surface area contributed by atoms with Crippen LogP contribution in [0.4, 0.5) is 5.69 Å². The van der Waals surface area contributed by atoms with Crippen LogP contribution < -0.4 is 15.5 Å². The highest BCUT2D eigenvalue weighted by molar-refractivity contribution is 5.98. The second-order valence-corrected chi connectivity index (χ2v) is 9.40. The van der Waals surface area contributed by atoms with Crippen LogP contribution in [0.5, 0.6) is 0 Å². The number of hydrogen-bond donors (Lipinski definition) is 2. The first kappa shape index (κ1) is 18.0. The van der Waals surface area contributed by atoms with Gasteiger partial charge in [-0.2, -0.15) is 0 Å². The molecule has 0 radical (unpaired) electrons. The third kappa shape index (κ3) is 3.67. The normalized spacial score (nSPS) is 26.0. The lowest BCUT2D eigenvalue weighted by Gasteiger charge is -2.26. The molecule has 0 bridgehead atoms. The van der Waals surface area contributed by atoms with Gasteiger partial charge in [-0.15, -0.1) is 0 Å². The minimum absolute atomic E-state index is 0.233. The van der Waals surface area contributed by atoms with Gasteiger partial charge in [0.2, 0.25) is 5.91 Å². The Hall–Kier alpha value is -1.39. The molecule has 2 fully saturated rings. The standard InChI is InChI=1S/C22H33N3O/c1-22(2,3)21(26)25-11-8-17-12-16(4-5-20(17)25)18-13-19(18)24-14-15-6-9-23-10-7-15/h4-5,12,15,18-19,23-24H,6-11,13-14H2,1-3H3. The molecule has 142 valence electrons. The van der Waals surface area contributed by atoms with Crippen LogP contribution in [-0.4, -0.2) is 38.1 Å². The first-order chi connectivity index (χ1) is 12.4. The Kier molecular flexibility index (Phi) is 4.83. The van der Waals surface area contributed by atoms with Gasteiger partial charge in [-0.1, -0.05) is 32.9 Å². The Morgan fingerprint density at radius 1 is 1.27 bits per heavy atom. The lowest BCUT2D eigenvalue weighted by molar-refractivity contribution is -0.125. The number of rotatable bonds is 4. The second-order valence-electron chi connectivity index (χ2n) is 9.40. The van der Waals surface area contributed by atoms with Crippen molar-refractivity contribution in [3.63, 3.8) is 0 Å². The van der Waals surface area contributed by atoms with Crippen LogP contribution in [0, 0.1) is 11.3 Å². The maximum absolute atomic E-state index is 12.7. The predicted octanol–water partition coefficient (Wildman–Crippen LogP) is 3.07. The van der Waals surface area contributed by atoms with Gasteiger partial charge in [0.1, 0.15) is 0 Å². The molecule has 1 saturated heterocycles. The van der Waals surface area contributed by atoms with Gasteiger partial charge in [0, 0.05) is 29.6 Å². The van der Waals surface area contributed by atoms with Gasteiger partial charge >= 0.3 is 0 Å². The molecule has 1 saturated carbocycles. The second kappa shape index (κ2) is 6.97. The monoisotopic (exact) mass is 355 g/mol. The number of hydrogen-bond acceptors (Lipinski definition) is 3. The fourth-order valence-corrected chi connectivity index (χ4v) is 4.46. The van der Waals surface area contributed by atoms with Crippen molar-refractivity contribution in [3.8, 4) is 0 Å². The summed E-state index contributed by atoms with van der Waals surface area (Å²) >= 11 is 0. The van der Waals surface area contributed by atoms with E-state index in [4.69, 9.17) is 0 Å². The molecule has 1 aromatic carbocycles. The van der Waals surface area contributed by atoms with Crippen molar-refractivity contribution < 1.29 is 4.79 Å². The maximum atomic E-state index is 12.7. The molecule has 2 atom stereocenters. The molecule has 3 aliphatic rings. The smallest absolute Gasteiger partial charge is 0.232 e. The summed E-state index contributed by atoms with van der Waals surface area (Å²) in [7, 11) is 0. The zero-order valence-electron chi connectivity index (χ0n) is 16.5. The fraction of sp³-hybridized carbons (Fsp3) is 0.682. The number of nitrogens with one attached hydrogen (secondary N) is 2. The van der Waals surface area contributed by atoms with Gasteiger partial charge in [0.15, 0.2) is 0 Å². The molecule has 26 heavy (non-hydrogen) atoms. The average molecular weight is 356 g/mol. The maximum Gasteiger partial charge on any atom is 0.232 e. The van der Waals surface area contributed by atoms with E-state index < -0.39 is 0 Å². The van der Waals surface area contributed by atoms with Crippen LogP contribution >= 0.6 is 0 Å². The molecule has 0 spiro atoms. The molecule has 4 heteroatoms. The lowest BCUT2D eigenvalue weighted by atomic mass is 9.94. The van der Waals surface area contributed by atoms with Crippen molar-refractivity contribution in [1.29, 1.82) is 0 Å². The predicted molar refractivity (Wildman–Crippen MR) is 107 cm³/mol. The van der Waals surface area contributed by atoms with Crippen LogP contribution in [0.2, 0.25) is 0 Å². The third-order valence-electron chi connectivity index (χ3n) is 6.23. The average Bonchev–Trinajstić information content (AvgIpc) is 3.29. The summed E-state index contributed by atoms with van der Waals surface area (Å²) in [5, 5.41) is 7.24. The molecule has 2 N–H and O–H groups in total. The number of carbonyl (C=O) groups excluding carboxylic acids is 1. The molecule has 4 rings (SSSR count). The van der Waals surface area contributed by atoms with Crippen molar-refractivity contribution in [1.82, 2.24) is 10.6 Å². The molecular formula is C22H33N3O. The van der Waals surface area contributed by atoms with Crippen molar-refractivity contribution >= 4 is 11.6 Å². The van der Waals surface area contributed by atoms with Gasteiger partial charge in [-0.3, -0.25) is 4.79 Å². The molecule has 4 nitrogen and oxygen atoms in total. The summed E-state index contributed by atoms with van der Waals surface area (Å²) in [6.45, 7) is 10.4. The molecule has 2 heterocycles. The molecule has 2 unspecified atom stereocenters. The highest BCUT2D eigenvalue weighted by atomic mass is 16.2. The first-order valence-corrected chi connectivity index (χ1v) is 10.3. The van der Waals surface area contributed by atoms with Gasteiger partial charge in [0.25, 0.3) is 0 Å². The first-order valence-electron chi connectivity index (χ1n) is 10.3. The van der Waals surface area contributed by atoms with E-state index in [-0.39, 0.29) is 11.3 Å². The van der Waals surface area contributed by atoms with E-state index in [1.165, 1.54) is 50.0 Å². The Labute approximate surface area is 157 Å². The highest BCUT2D eigenvalue weighted by Gasteiger charge is 2.39. The van der Waals surface area contributed by atoms with Crippen LogP contribution in [0.3, 0.4) is 0 Å². The quantitative estimate of drug-likeness (QED) is 0.872. The number of fused-ring (bicyclic) bond motifs is 1. The fourth-order valence-electron chi connectivity index (χ4n) is 4.46. The zero-order valence-corrected chi connectivity index (χ0v) is 16.5. The number of anilines is 1. The van der Waals surface area contributed by atoms with Crippen LogP contribution in [-0.2, 0) is 11.2 Å². The van der Waals surface area contributed by atoms with Gasteiger partial charge in [0.05, 0.1) is 0 Å². The van der Waals surface area contributed by atoms with Crippen molar-refractivity contribution in [2.24, 2.45) is 11.3 Å². The molecule has 1 aliphatic carbocycles. The van der Waals surface area contributed by atoms with Crippen LogP contribution in [0.25, 0.3) is 0 Å². The summed E-state index contributed by atoms with van der Waals surface area (Å²) in [6.07, 6.45) is 4.86. The summed E-state index contributed by atoms with van der Waals surface area (Å²) in [6, 6.07) is 7.45. The van der Waals surface area contributed by atoms with E-state index in [1.807, 2.05) is 25.7 Å². The number of benzene rings is 1. The number of nitrogens with zero attached hydrogens (tertiary/aromatic N) is 1. The summed E-state index contributed by atoms with van der Waals surface area (Å²) in [4.78, 5) is 14.6. The van der Waals surface area contributed by atoms with Gasteiger partial charge in [-0.05, 0) is 68.4 Å². The van der Waals surface area contributed by atoms with Crippen molar-refractivity contribution in [3.05, 3.63) is 29.3 Å². The van der Waals surface area contributed by atoms with Crippen molar-refractivity contribution in [2.45, 2.75) is 58.4 Å². The van der Waals surface area contributed by atoms with E-state index in [9.17, 15) is 4.79 Å². The zero-order chi connectivity index (χ0) is 18.3. The third-order valence-corrected chi connectivity index (χ3v) is 6.23. The molecule has 2 aliphatic heterocycles. The van der Waals surface area contributed by atoms with E-state index in [2.05, 4.69) is 28.8 Å². The Morgan fingerprint density at radius 2 is 2.04 bits per heavy atom. The largest absolute Gasteiger partial charge is 0.317 e. The van der Waals surface area contributed by atoms with E-state index in [0.29, 0.717) is 12.0 Å². The number of piperidine rings is 1. The minimum atomic E-state index is -0.319. The number of carbonyl (C=O) groups is 1. The highest BCUT2D eigenvalue weighted by Crippen LogP contribution is 2.43. The van der Waals surface area contributed by atoms with Crippen LogP contribution in [0.1, 0.15) is 57.1 Å². The number of amides is 1. The van der Waals surface area contributed by atoms with Crippen LogP contribution in [0.15, 0.2) is 18.2 Å². The van der Waals surface area contributed by atoms with Gasteiger partial charge in [-0.25, -0.2) is 0 Å². The summed E-state index contributed by atoms with van der Waals surface area (Å²) < 4.78 is 0. The molecule has 1 amide bonds. The van der Waals surface area contributed by atoms with E-state index >= 15 is 0 Å². The minimum Gasteiger partial charge on any atom is -0.317 e. The van der Waals surface area contributed by atoms with Gasteiger partial charge < -0.3 is 15.5 Å². The SMILES string of the molecule is CC(C)(C)C(=O)N1CCc2cc(C3CC3NCC3CCNCC3)ccc21. The Balaban J connectivity index is 1.36. The Morgan fingerprint density at radius 3 is 2.77 bits per heavy atom. The Bertz CT molecular complexity index is 672. The van der Waals surface area contributed by atoms with E-state index in [0.717, 1.165) is 24.6 Å². The van der Waals surface area contributed by atoms with E-state index in [1.54, 1.807) is 0 Å². The molecule has 0 aromatic heterocycles. The molecule has 1 aromatic rings. The topological polar surface area (TPSA) is 44.4 Å².